The lowest BCUT2D eigenvalue weighted by Crippen LogP contribution is -2.20. The molecule has 3 aromatic rings. The molecule has 4 rings (SSSR count). The summed E-state index contributed by atoms with van der Waals surface area (Å²) in [5.41, 5.74) is 3.16. The molecule has 0 saturated heterocycles. The Kier molecular flexibility index (Phi) is 6.77. The van der Waals surface area contributed by atoms with Crippen LogP contribution in [0.5, 0.6) is 0 Å². The van der Waals surface area contributed by atoms with Crippen LogP contribution in [0.15, 0.2) is 48.7 Å². The van der Waals surface area contributed by atoms with E-state index in [1.54, 1.807) is 56.3 Å². The van der Waals surface area contributed by atoms with Crippen LogP contribution >= 0.6 is 0 Å². The van der Waals surface area contributed by atoms with E-state index in [2.05, 4.69) is 4.98 Å². The van der Waals surface area contributed by atoms with Crippen LogP contribution in [0, 0.1) is 0 Å². The summed E-state index contributed by atoms with van der Waals surface area (Å²) in [6, 6.07) is 10.8. The van der Waals surface area contributed by atoms with E-state index in [1.807, 2.05) is 0 Å². The number of carboxylic acid groups (broad SMARTS) is 1. The van der Waals surface area contributed by atoms with Crippen molar-refractivity contribution in [2.24, 2.45) is 0 Å². The summed E-state index contributed by atoms with van der Waals surface area (Å²) in [5.74, 6) is -2.62. The topological polar surface area (TPSA) is 125 Å². The standard InChI is InChI=1S/C26H24N2O7/c1-3-34-22(29)12-17-6-5-7-18-19(17)13-21(23(18)30)28-14-20(27-24(28)25(31)32)15-8-10-16(11-9-15)26(33)35-4-2/h5-11,14,21H,3-4,12-13H2,1-2H3,(H,31,32). The zero-order valence-electron chi connectivity index (χ0n) is 19.3. The highest BCUT2D eigenvalue weighted by Crippen LogP contribution is 2.35. The molecule has 9 nitrogen and oxygen atoms in total. The number of hydrogen-bond donors (Lipinski definition) is 1. The van der Waals surface area contributed by atoms with Crippen LogP contribution in [0.1, 0.15) is 62.4 Å². The van der Waals surface area contributed by atoms with Gasteiger partial charge in [-0.05, 0) is 37.1 Å². The minimum absolute atomic E-state index is 0.0325. The molecule has 0 bridgehead atoms. The predicted molar refractivity (Wildman–Crippen MR) is 124 cm³/mol. The Bertz CT molecular complexity index is 1310. The quantitative estimate of drug-likeness (QED) is 0.490. The Labute approximate surface area is 201 Å². The minimum atomic E-state index is -1.27. The number of aromatic nitrogens is 2. The van der Waals surface area contributed by atoms with Crippen molar-refractivity contribution in [1.82, 2.24) is 9.55 Å². The summed E-state index contributed by atoms with van der Waals surface area (Å²) < 4.78 is 11.4. The van der Waals surface area contributed by atoms with Gasteiger partial charge >= 0.3 is 17.9 Å². The van der Waals surface area contributed by atoms with Crippen LogP contribution in [-0.4, -0.2) is 51.6 Å². The Morgan fingerprint density at radius 3 is 2.43 bits per heavy atom. The number of imidazole rings is 1. The fraction of sp³-hybridized carbons (Fsp3) is 0.269. The molecule has 0 fully saturated rings. The number of fused-ring (bicyclic) bond motifs is 1. The molecule has 1 aliphatic carbocycles. The molecular formula is C26H24N2O7. The van der Waals surface area contributed by atoms with Gasteiger partial charge in [-0.15, -0.1) is 0 Å². The molecule has 1 atom stereocenters. The van der Waals surface area contributed by atoms with E-state index in [9.17, 15) is 24.3 Å². The highest BCUT2D eigenvalue weighted by Gasteiger charge is 2.36. The highest BCUT2D eigenvalue weighted by molar-refractivity contribution is 6.04. The number of rotatable bonds is 8. The molecule has 1 N–H and O–H groups in total. The first-order valence-electron chi connectivity index (χ1n) is 11.2. The first-order chi connectivity index (χ1) is 16.8. The summed E-state index contributed by atoms with van der Waals surface area (Å²) >= 11 is 0. The fourth-order valence-corrected chi connectivity index (χ4v) is 4.25. The van der Waals surface area contributed by atoms with E-state index in [0.29, 0.717) is 33.5 Å². The summed E-state index contributed by atoms with van der Waals surface area (Å²) in [4.78, 5) is 53.4. The van der Waals surface area contributed by atoms with E-state index in [4.69, 9.17) is 9.47 Å². The van der Waals surface area contributed by atoms with E-state index < -0.39 is 18.0 Å². The average Bonchev–Trinajstić information content (AvgIpc) is 3.42. The molecule has 0 radical (unpaired) electrons. The normalized spacial score (nSPS) is 14.5. The van der Waals surface area contributed by atoms with Crippen molar-refractivity contribution < 1.29 is 33.8 Å². The molecule has 0 saturated carbocycles. The van der Waals surface area contributed by atoms with Crippen LogP contribution in [-0.2, 0) is 27.1 Å². The molecule has 2 aromatic carbocycles. The molecule has 9 heteroatoms. The van der Waals surface area contributed by atoms with Crippen molar-refractivity contribution in [2.75, 3.05) is 13.2 Å². The van der Waals surface area contributed by atoms with Crippen LogP contribution in [0.2, 0.25) is 0 Å². The highest BCUT2D eigenvalue weighted by atomic mass is 16.5. The Morgan fingerprint density at radius 1 is 1.06 bits per heavy atom. The predicted octanol–water partition coefficient (Wildman–Crippen LogP) is 3.51. The average molecular weight is 476 g/mol. The van der Waals surface area contributed by atoms with Gasteiger partial charge in [0.2, 0.25) is 5.82 Å². The number of ether oxygens (including phenoxy) is 2. The number of carboxylic acids is 1. The van der Waals surface area contributed by atoms with E-state index in [0.717, 1.165) is 0 Å². The van der Waals surface area contributed by atoms with Crippen LogP contribution in [0.25, 0.3) is 11.3 Å². The van der Waals surface area contributed by atoms with Gasteiger partial charge in [0.1, 0.15) is 6.04 Å². The molecular weight excluding hydrogens is 452 g/mol. The van der Waals surface area contributed by atoms with Gasteiger partial charge in [0.05, 0.1) is 30.9 Å². The number of carbonyl (C=O) groups is 4. The van der Waals surface area contributed by atoms with Crippen molar-refractivity contribution in [2.45, 2.75) is 32.7 Å². The Hall–Kier alpha value is -4.27. The SMILES string of the molecule is CCOC(=O)Cc1cccc2c1CC(n1cc(-c3ccc(C(=O)OCC)cc3)nc1C(=O)O)C2=O. The third-order valence-corrected chi connectivity index (χ3v) is 5.83. The van der Waals surface area contributed by atoms with Crippen molar-refractivity contribution in [3.05, 3.63) is 76.7 Å². The number of carbonyl (C=O) groups excluding carboxylic acids is 3. The molecule has 1 unspecified atom stereocenters. The summed E-state index contributed by atoms with van der Waals surface area (Å²) in [6.07, 6.45) is 1.80. The lowest BCUT2D eigenvalue weighted by Gasteiger charge is -2.12. The smallest absolute Gasteiger partial charge is 0.372 e. The van der Waals surface area contributed by atoms with Gasteiger partial charge in [-0.25, -0.2) is 14.6 Å². The summed E-state index contributed by atoms with van der Waals surface area (Å²) in [5, 5.41) is 9.78. The number of nitrogens with zero attached hydrogens (tertiary/aromatic N) is 2. The molecule has 180 valence electrons. The lowest BCUT2D eigenvalue weighted by molar-refractivity contribution is -0.142. The molecule has 1 heterocycles. The Balaban J connectivity index is 1.66. The van der Waals surface area contributed by atoms with Crippen molar-refractivity contribution in [1.29, 1.82) is 0 Å². The second-order valence-electron chi connectivity index (χ2n) is 7.97. The molecule has 35 heavy (non-hydrogen) atoms. The van der Waals surface area contributed by atoms with Gasteiger partial charge < -0.3 is 19.1 Å². The van der Waals surface area contributed by atoms with Crippen molar-refractivity contribution in [3.63, 3.8) is 0 Å². The molecule has 1 aliphatic rings. The maximum atomic E-state index is 13.3. The van der Waals surface area contributed by atoms with Gasteiger partial charge in [0, 0.05) is 23.7 Å². The fourth-order valence-electron chi connectivity index (χ4n) is 4.25. The Morgan fingerprint density at radius 2 is 1.77 bits per heavy atom. The van der Waals surface area contributed by atoms with E-state index >= 15 is 0 Å². The van der Waals surface area contributed by atoms with Crippen molar-refractivity contribution >= 4 is 23.7 Å². The van der Waals surface area contributed by atoms with Gasteiger partial charge in [0.15, 0.2) is 5.78 Å². The van der Waals surface area contributed by atoms with Gasteiger partial charge in [-0.2, -0.15) is 0 Å². The zero-order valence-corrected chi connectivity index (χ0v) is 19.3. The van der Waals surface area contributed by atoms with Gasteiger partial charge in [-0.1, -0.05) is 30.3 Å². The second-order valence-corrected chi connectivity index (χ2v) is 7.97. The van der Waals surface area contributed by atoms with E-state index in [-0.39, 0.29) is 43.6 Å². The molecule has 0 aliphatic heterocycles. The number of ketones is 1. The van der Waals surface area contributed by atoms with Crippen LogP contribution < -0.4 is 0 Å². The summed E-state index contributed by atoms with van der Waals surface area (Å²) in [7, 11) is 0. The third kappa shape index (κ3) is 4.70. The maximum Gasteiger partial charge on any atom is 0.372 e. The number of aromatic carboxylic acids is 1. The number of benzene rings is 2. The summed E-state index contributed by atoms with van der Waals surface area (Å²) in [6.45, 7) is 3.96. The molecule has 0 spiro atoms. The number of esters is 2. The number of hydrogen-bond acceptors (Lipinski definition) is 7. The first kappa shape index (κ1) is 23.9. The van der Waals surface area contributed by atoms with E-state index in [1.165, 1.54) is 10.8 Å². The molecule has 1 aromatic heterocycles. The third-order valence-electron chi connectivity index (χ3n) is 5.83. The van der Waals surface area contributed by atoms with Crippen LogP contribution in [0.4, 0.5) is 0 Å². The second kappa shape index (κ2) is 9.92. The molecule has 0 amide bonds. The van der Waals surface area contributed by atoms with Crippen molar-refractivity contribution in [3.8, 4) is 11.3 Å². The zero-order chi connectivity index (χ0) is 25.1. The first-order valence-corrected chi connectivity index (χ1v) is 11.2. The maximum absolute atomic E-state index is 13.3. The minimum Gasteiger partial charge on any atom is -0.475 e. The number of Topliss-reactive ketones (excluding diaryl/α,β-unsaturated/α-hetero) is 1. The monoisotopic (exact) mass is 476 g/mol. The van der Waals surface area contributed by atoms with Crippen LogP contribution in [0.3, 0.4) is 0 Å². The van der Waals surface area contributed by atoms with Gasteiger partial charge in [-0.3, -0.25) is 9.59 Å². The van der Waals surface area contributed by atoms with Gasteiger partial charge in [0.25, 0.3) is 0 Å². The largest absolute Gasteiger partial charge is 0.475 e. The lowest BCUT2D eigenvalue weighted by atomic mass is 10.0.